The second kappa shape index (κ2) is 6.94. The number of hydrogen-bond donors (Lipinski definition) is 1. The molecular weight excluding hydrogens is 278 g/mol. The Hall–Kier alpha value is -1.03. The van der Waals surface area contributed by atoms with Crippen LogP contribution in [0.2, 0.25) is 5.02 Å². The van der Waals surface area contributed by atoms with Crippen molar-refractivity contribution in [3.05, 3.63) is 50.7 Å². The van der Waals surface area contributed by atoms with Gasteiger partial charge in [0.2, 0.25) is 0 Å². The highest BCUT2D eigenvalue weighted by Crippen LogP contribution is 2.23. The number of benzene rings is 1. The predicted molar refractivity (Wildman–Crippen MR) is 82.2 cm³/mol. The Morgan fingerprint density at radius 3 is 2.79 bits per heavy atom. The number of nitrogens with one attached hydrogen (secondary N) is 1. The Kier molecular flexibility index (Phi) is 5.25. The number of thiophene rings is 1. The van der Waals surface area contributed by atoms with Gasteiger partial charge in [0.1, 0.15) is 5.75 Å². The van der Waals surface area contributed by atoms with Crippen LogP contribution in [0.15, 0.2) is 29.6 Å². The van der Waals surface area contributed by atoms with Gasteiger partial charge in [-0.25, -0.2) is 0 Å². The zero-order valence-corrected chi connectivity index (χ0v) is 12.8. The van der Waals surface area contributed by atoms with Crippen LogP contribution in [-0.4, -0.2) is 7.11 Å². The molecular formula is C15H18ClNOS. The van der Waals surface area contributed by atoms with Crippen molar-refractivity contribution in [1.82, 2.24) is 5.32 Å². The molecule has 0 amide bonds. The van der Waals surface area contributed by atoms with Crippen LogP contribution in [-0.2, 0) is 19.5 Å². The van der Waals surface area contributed by atoms with Crippen molar-refractivity contribution in [2.75, 3.05) is 7.11 Å². The zero-order valence-electron chi connectivity index (χ0n) is 11.2. The van der Waals surface area contributed by atoms with Gasteiger partial charge >= 0.3 is 0 Å². The van der Waals surface area contributed by atoms with Crippen LogP contribution >= 0.6 is 22.9 Å². The minimum Gasteiger partial charge on any atom is -0.496 e. The summed E-state index contributed by atoms with van der Waals surface area (Å²) in [6.07, 6.45) is 1.08. The molecule has 2 aromatic rings. The highest BCUT2D eigenvalue weighted by molar-refractivity contribution is 7.10. The number of methoxy groups -OCH3 is 1. The molecule has 0 aliphatic rings. The van der Waals surface area contributed by atoms with Crippen LogP contribution in [0.5, 0.6) is 5.75 Å². The summed E-state index contributed by atoms with van der Waals surface area (Å²) in [5.41, 5.74) is 2.51. The lowest BCUT2D eigenvalue weighted by atomic mass is 10.2. The Balaban J connectivity index is 1.97. The molecule has 0 bridgehead atoms. The standard InChI is InChI=1S/C15H18ClNOS/c1-3-11-6-7-19-15(11)10-17-9-12-8-13(16)4-5-14(12)18-2/h4-8,17H,3,9-10H2,1-2H3. The first kappa shape index (κ1) is 14.4. The molecule has 0 saturated heterocycles. The van der Waals surface area contributed by atoms with Gasteiger partial charge in [-0.15, -0.1) is 11.3 Å². The Labute approximate surface area is 123 Å². The summed E-state index contributed by atoms with van der Waals surface area (Å²) in [5, 5.41) is 6.34. The van der Waals surface area contributed by atoms with Gasteiger partial charge in [-0.1, -0.05) is 18.5 Å². The molecule has 0 aliphatic heterocycles. The van der Waals surface area contributed by atoms with Crippen LogP contribution in [0.3, 0.4) is 0 Å². The van der Waals surface area contributed by atoms with Gasteiger partial charge in [0.05, 0.1) is 7.11 Å². The second-order valence-electron chi connectivity index (χ2n) is 4.28. The topological polar surface area (TPSA) is 21.3 Å². The van der Waals surface area contributed by atoms with E-state index in [-0.39, 0.29) is 0 Å². The van der Waals surface area contributed by atoms with E-state index in [0.717, 1.165) is 35.8 Å². The van der Waals surface area contributed by atoms with E-state index in [1.165, 1.54) is 10.4 Å². The number of aryl methyl sites for hydroxylation is 1. The van der Waals surface area contributed by atoms with E-state index in [0.29, 0.717) is 0 Å². The van der Waals surface area contributed by atoms with E-state index in [1.54, 1.807) is 18.4 Å². The summed E-state index contributed by atoms with van der Waals surface area (Å²) in [6, 6.07) is 7.89. The van der Waals surface area contributed by atoms with E-state index in [2.05, 4.69) is 23.7 Å². The average Bonchev–Trinajstić information content (AvgIpc) is 2.86. The smallest absolute Gasteiger partial charge is 0.123 e. The Bertz CT molecular complexity index is 539. The predicted octanol–water partition coefficient (Wildman–Crippen LogP) is 4.26. The molecule has 0 aliphatic carbocycles. The molecule has 0 radical (unpaired) electrons. The van der Waals surface area contributed by atoms with Gasteiger partial charge in [-0.3, -0.25) is 0 Å². The van der Waals surface area contributed by atoms with Gasteiger partial charge in [0.25, 0.3) is 0 Å². The molecule has 0 fully saturated rings. The molecule has 19 heavy (non-hydrogen) atoms. The molecule has 0 unspecified atom stereocenters. The number of halogens is 1. The number of ether oxygens (including phenoxy) is 1. The van der Waals surface area contributed by atoms with Crippen molar-refractivity contribution < 1.29 is 4.74 Å². The maximum Gasteiger partial charge on any atom is 0.123 e. The Morgan fingerprint density at radius 2 is 2.05 bits per heavy atom. The van der Waals surface area contributed by atoms with Crippen molar-refractivity contribution in [2.24, 2.45) is 0 Å². The molecule has 1 aromatic carbocycles. The molecule has 1 N–H and O–H groups in total. The van der Waals surface area contributed by atoms with E-state index >= 15 is 0 Å². The normalized spacial score (nSPS) is 10.7. The maximum absolute atomic E-state index is 6.02. The van der Waals surface area contributed by atoms with Gasteiger partial charge < -0.3 is 10.1 Å². The summed E-state index contributed by atoms with van der Waals surface area (Å²) in [7, 11) is 1.68. The van der Waals surface area contributed by atoms with Crippen LogP contribution in [0, 0.1) is 0 Å². The lowest BCUT2D eigenvalue weighted by molar-refractivity contribution is 0.407. The number of hydrogen-bond acceptors (Lipinski definition) is 3. The van der Waals surface area contributed by atoms with Crippen LogP contribution in [0.4, 0.5) is 0 Å². The van der Waals surface area contributed by atoms with Crippen molar-refractivity contribution in [3.63, 3.8) is 0 Å². The summed E-state index contributed by atoms with van der Waals surface area (Å²) < 4.78 is 5.34. The zero-order chi connectivity index (χ0) is 13.7. The van der Waals surface area contributed by atoms with Crippen LogP contribution < -0.4 is 10.1 Å². The van der Waals surface area contributed by atoms with Gasteiger partial charge in [0, 0.05) is 28.6 Å². The average molecular weight is 296 g/mol. The van der Waals surface area contributed by atoms with E-state index in [4.69, 9.17) is 16.3 Å². The fraction of sp³-hybridized carbons (Fsp3) is 0.333. The highest BCUT2D eigenvalue weighted by atomic mass is 35.5. The van der Waals surface area contributed by atoms with Crippen molar-refractivity contribution in [3.8, 4) is 5.75 Å². The van der Waals surface area contributed by atoms with E-state index in [1.807, 2.05) is 18.2 Å². The highest BCUT2D eigenvalue weighted by Gasteiger charge is 2.05. The van der Waals surface area contributed by atoms with Gasteiger partial charge in [-0.05, 0) is 41.6 Å². The number of rotatable bonds is 6. The molecule has 2 rings (SSSR count). The van der Waals surface area contributed by atoms with Crippen LogP contribution in [0.25, 0.3) is 0 Å². The lowest BCUT2D eigenvalue weighted by Crippen LogP contribution is -2.13. The fourth-order valence-electron chi connectivity index (χ4n) is 2.03. The molecule has 1 heterocycles. The minimum absolute atomic E-state index is 0.739. The molecule has 0 atom stereocenters. The first-order valence-electron chi connectivity index (χ1n) is 6.33. The summed E-state index contributed by atoms with van der Waals surface area (Å²) >= 11 is 7.82. The quantitative estimate of drug-likeness (QED) is 0.859. The monoisotopic (exact) mass is 295 g/mol. The summed E-state index contributed by atoms with van der Waals surface area (Å²) in [4.78, 5) is 1.41. The minimum atomic E-state index is 0.739. The van der Waals surface area contributed by atoms with Gasteiger partial charge in [-0.2, -0.15) is 0 Å². The van der Waals surface area contributed by atoms with E-state index < -0.39 is 0 Å². The third-order valence-corrected chi connectivity index (χ3v) is 4.26. The van der Waals surface area contributed by atoms with Crippen molar-refractivity contribution in [1.29, 1.82) is 0 Å². The molecule has 0 spiro atoms. The fourth-order valence-corrected chi connectivity index (χ4v) is 3.17. The first-order valence-corrected chi connectivity index (χ1v) is 7.58. The van der Waals surface area contributed by atoms with Crippen molar-refractivity contribution >= 4 is 22.9 Å². The first-order chi connectivity index (χ1) is 9.24. The van der Waals surface area contributed by atoms with E-state index in [9.17, 15) is 0 Å². The van der Waals surface area contributed by atoms with Gasteiger partial charge in [0.15, 0.2) is 0 Å². The largest absolute Gasteiger partial charge is 0.496 e. The SMILES string of the molecule is CCc1ccsc1CNCc1cc(Cl)ccc1OC. The third-order valence-electron chi connectivity index (χ3n) is 3.06. The molecule has 0 saturated carbocycles. The molecule has 1 aromatic heterocycles. The lowest BCUT2D eigenvalue weighted by Gasteiger charge is -2.10. The molecule has 4 heteroatoms. The molecule has 102 valence electrons. The van der Waals surface area contributed by atoms with Crippen LogP contribution in [0.1, 0.15) is 22.9 Å². The van der Waals surface area contributed by atoms with Crippen molar-refractivity contribution in [2.45, 2.75) is 26.4 Å². The summed E-state index contributed by atoms with van der Waals surface area (Å²) in [5.74, 6) is 0.874. The summed E-state index contributed by atoms with van der Waals surface area (Å²) in [6.45, 7) is 3.83. The Morgan fingerprint density at radius 1 is 1.21 bits per heavy atom. The maximum atomic E-state index is 6.02. The third kappa shape index (κ3) is 3.72. The molecule has 2 nitrogen and oxygen atoms in total. The second-order valence-corrected chi connectivity index (χ2v) is 5.72.